The van der Waals surface area contributed by atoms with Gasteiger partial charge in [-0.2, -0.15) is 15.8 Å². The van der Waals surface area contributed by atoms with Crippen LogP contribution in [0.5, 0.6) is 0 Å². The Labute approximate surface area is 93.0 Å². The highest BCUT2D eigenvalue weighted by molar-refractivity contribution is 5.40. The molecule has 0 heterocycles. The maximum atomic E-state index is 13.2. The van der Waals surface area contributed by atoms with E-state index in [0.29, 0.717) is 16.7 Å². The predicted molar refractivity (Wildman–Crippen MR) is 54.4 cm³/mol. The lowest BCUT2D eigenvalue weighted by molar-refractivity contribution is 0.623. The van der Waals surface area contributed by atoms with E-state index < -0.39 is 5.82 Å². The molecule has 1 aromatic rings. The van der Waals surface area contributed by atoms with Gasteiger partial charge >= 0.3 is 0 Å². The van der Waals surface area contributed by atoms with E-state index in [1.54, 1.807) is 0 Å². The summed E-state index contributed by atoms with van der Waals surface area (Å²) in [5.41, 5.74) is 1.59. The fourth-order valence-corrected chi connectivity index (χ4v) is 1.55. The summed E-state index contributed by atoms with van der Waals surface area (Å²) in [6, 6.07) is 8.29. The summed E-state index contributed by atoms with van der Waals surface area (Å²) in [6.07, 6.45) is 0.189. The van der Waals surface area contributed by atoms with E-state index in [4.69, 9.17) is 15.8 Å². The Bertz CT molecular complexity index is 478. The summed E-state index contributed by atoms with van der Waals surface area (Å²) in [5, 5.41) is 25.9. The first-order valence-electron chi connectivity index (χ1n) is 4.64. The van der Waals surface area contributed by atoms with Gasteiger partial charge in [-0.05, 0) is 28.8 Å². The van der Waals surface area contributed by atoms with Crippen molar-refractivity contribution in [2.75, 3.05) is 0 Å². The van der Waals surface area contributed by atoms with Crippen molar-refractivity contribution in [3.63, 3.8) is 0 Å². The molecule has 0 N–H and O–H groups in total. The minimum atomic E-state index is -0.475. The summed E-state index contributed by atoms with van der Waals surface area (Å²) in [7, 11) is 0. The molecule has 78 valence electrons. The number of halogens is 1. The first-order valence-corrected chi connectivity index (χ1v) is 4.64. The molecule has 0 spiro atoms. The molecule has 0 unspecified atom stereocenters. The summed E-state index contributed by atoms with van der Waals surface area (Å²) in [6.45, 7) is 0. The zero-order valence-corrected chi connectivity index (χ0v) is 8.50. The summed E-state index contributed by atoms with van der Waals surface area (Å²) in [4.78, 5) is 0. The van der Waals surface area contributed by atoms with E-state index in [1.165, 1.54) is 12.1 Å². The molecular formula is C12H8FN3. The molecule has 4 heteroatoms. The molecule has 0 fully saturated rings. The van der Waals surface area contributed by atoms with Gasteiger partial charge in [0.25, 0.3) is 0 Å². The van der Waals surface area contributed by atoms with Crippen LogP contribution < -0.4 is 0 Å². The van der Waals surface area contributed by atoms with E-state index in [0.717, 1.165) is 0 Å². The van der Waals surface area contributed by atoms with Gasteiger partial charge in [0, 0.05) is 0 Å². The number of hydrogen-bond donors (Lipinski definition) is 0. The Hall–Kier alpha value is -2.38. The summed E-state index contributed by atoms with van der Waals surface area (Å²) >= 11 is 0. The van der Waals surface area contributed by atoms with Gasteiger partial charge in [-0.25, -0.2) is 4.39 Å². The molecular weight excluding hydrogens is 205 g/mol. The molecule has 1 rings (SSSR count). The van der Waals surface area contributed by atoms with Crippen LogP contribution in [0.2, 0.25) is 0 Å². The fraction of sp³-hybridized carbons (Fsp3) is 0.250. The van der Waals surface area contributed by atoms with Gasteiger partial charge in [-0.1, -0.05) is 0 Å². The second kappa shape index (κ2) is 5.49. The van der Waals surface area contributed by atoms with Crippen molar-refractivity contribution in [3.05, 3.63) is 34.6 Å². The van der Waals surface area contributed by atoms with Crippen molar-refractivity contribution in [3.8, 4) is 18.2 Å². The zero-order valence-electron chi connectivity index (χ0n) is 8.50. The SMILES string of the molecule is N#CCc1cc(F)cc(CC#N)c1CC#N. The monoisotopic (exact) mass is 213 g/mol. The molecule has 0 saturated heterocycles. The Balaban J connectivity index is 3.32. The van der Waals surface area contributed by atoms with Crippen molar-refractivity contribution in [1.82, 2.24) is 0 Å². The number of nitriles is 3. The van der Waals surface area contributed by atoms with Crippen molar-refractivity contribution >= 4 is 0 Å². The van der Waals surface area contributed by atoms with Crippen LogP contribution in [0.1, 0.15) is 16.7 Å². The van der Waals surface area contributed by atoms with Crippen molar-refractivity contribution < 1.29 is 4.39 Å². The van der Waals surface area contributed by atoms with E-state index >= 15 is 0 Å². The van der Waals surface area contributed by atoms with Gasteiger partial charge in [0.15, 0.2) is 0 Å². The highest BCUT2D eigenvalue weighted by Crippen LogP contribution is 2.19. The number of benzene rings is 1. The molecule has 0 saturated carbocycles. The third-order valence-corrected chi connectivity index (χ3v) is 2.19. The highest BCUT2D eigenvalue weighted by Gasteiger charge is 2.10. The second-order valence-corrected chi connectivity index (χ2v) is 3.21. The van der Waals surface area contributed by atoms with Crippen molar-refractivity contribution in [2.24, 2.45) is 0 Å². The molecule has 0 bridgehead atoms. The smallest absolute Gasteiger partial charge is 0.123 e. The molecule has 16 heavy (non-hydrogen) atoms. The minimum Gasteiger partial charge on any atom is -0.207 e. The van der Waals surface area contributed by atoms with Gasteiger partial charge in [0.05, 0.1) is 37.5 Å². The number of nitrogens with zero attached hydrogens (tertiary/aromatic N) is 3. The van der Waals surface area contributed by atoms with Gasteiger partial charge < -0.3 is 0 Å². The standard InChI is InChI=1S/C12H8FN3/c13-11-7-9(1-4-14)12(3-6-16)10(8-11)2-5-15/h7-8H,1-3H2. The number of rotatable bonds is 3. The van der Waals surface area contributed by atoms with E-state index in [2.05, 4.69) is 0 Å². The maximum absolute atomic E-state index is 13.2. The van der Waals surface area contributed by atoms with Crippen molar-refractivity contribution in [1.29, 1.82) is 15.8 Å². The topological polar surface area (TPSA) is 71.4 Å². The van der Waals surface area contributed by atoms with Crippen LogP contribution in [0.3, 0.4) is 0 Å². The van der Waals surface area contributed by atoms with Gasteiger partial charge in [0.1, 0.15) is 5.82 Å². The summed E-state index contributed by atoms with van der Waals surface area (Å²) in [5.74, 6) is -0.475. The molecule has 0 radical (unpaired) electrons. The average Bonchev–Trinajstić information content (AvgIpc) is 2.24. The quantitative estimate of drug-likeness (QED) is 0.771. The predicted octanol–water partition coefficient (Wildman–Crippen LogP) is 2.02. The van der Waals surface area contributed by atoms with Crippen LogP contribution in [0, 0.1) is 39.8 Å². The molecule has 0 atom stereocenters. The normalized spacial score (nSPS) is 8.88. The fourth-order valence-electron chi connectivity index (χ4n) is 1.55. The summed E-state index contributed by atoms with van der Waals surface area (Å²) < 4.78 is 13.2. The van der Waals surface area contributed by atoms with Gasteiger partial charge in [-0.3, -0.25) is 0 Å². The maximum Gasteiger partial charge on any atom is 0.123 e. The zero-order chi connectivity index (χ0) is 12.0. The van der Waals surface area contributed by atoms with Crippen LogP contribution >= 0.6 is 0 Å². The lowest BCUT2D eigenvalue weighted by atomic mass is 9.95. The van der Waals surface area contributed by atoms with Crippen LogP contribution in [0.4, 0.5) is 4.39 Å². The molecule has 1 aromatic carbocycles. The van der Waals surface area contributed by atoms with Crippen LogP contribution in [0.15, 0.2) is 12.1 Å². The average molecular weight is 213 g/mol. The third kappa shape index (κ3) is 2.56. The molecule has 0 aromatic heterocycles. The molecule has 3 nitrogen and oxygen atoms in total. The Morgan fingerprint density at radius 3 is 1.69 bits per heavy atom. The lowest BCUT2D eigenvalue weighted by Gasteiger charge is -2.08. The first kappa shape index (κ1) is 11.7. The Morgan fingerprint density at radius 1 is 0.875 bits per heavy atom. The van der Waals surface area contributed by atoms with E-state index in [-0.39, 0.29) is 19.3 Å². The van der Waals surface area contributed by atoms with Crippen LogP contribution in [-0.4, -0.2) is 0 Å². The van der Waals surface area contributed by atoms with Crippen LogP contribution in [0.25, 0.3) is 0 Å². The largest absolute Gasteiger partial charge is 0.207 e. The Kier molecular flexibility index (Phi) is 4.01. The van der Waals surface area contributed by atoms with Crippen molar-refractivity contribution in [2.45, 2.75) is 19.3 Å². The van der Waals surface area contributed by atoms with E-state index in [9.17, 15) is 4.39 Å². The van der Waals surface area contributed by atoms with Gasteiger partial charge in [0.2, 0.25) is 0 Å². The first-order chi connectivity index (χ1) is 7.72. The highest BCUT2D eigenvalue weighted by atomic mass is 19.1. The second-order valence-electron chi connectivity index (χ2n) is 3.21. The van der Waals surface area contributed by atoms with Gasteiger partial charge in [-0.15, -0.1) is 0 Å². The molecule has 0 aliphatic heterocycles. The molecule has 0 aliphatic rings. The third-order valence-electron chi connectivity index (χ3n) is 2.19. The molecule has 0 amide bonds. The lowest BCUT2D eigenvalue weighted by Crippen LogP contribution is -2.00. The molecule has 0 aliphatic carbocycles. The van der Waals surface area contributed by atoms with E-state index in [1.807, 2.05) is 18.2 Å². The minimum absolute atomic E-state index is 0.0488. The number of hydrogen-bond acceptors (Lipinski definition) is 3. The van der Waals surface area contributed by atoms with Crippen LogP contribution in [-0.2, 0) is 19.3 Å². The Morgan fingerprint density at radius 2 is 1.31 bits per heavy atom.